The van der Waals surface area contributed by atoms with E-state index in [4.69, 9.17) is 15.3 Å². The number of nitrogens with one attached hydrogen (secondary N) is 1. The third-order valence-corrected chi connectivity index (χ3v) is 3.37. The van der Waals surface area contributed by atoms with E-state index in [2.05, 4.69) is 5.43 Å². The summed E-state index contributed by atoms with van der Waals surface area (Å²) in [5.41, 5.74) is 2.91. The Kier molecular flexibility index (Phi) is 7.76. The highest BCUT2D eigenvalue weighted by Gasteiger charge is 2.19. The minimum Gasteiger partial charge on any atom is -0.382 e. The largest absolute Gasteiger partial charge is 0.382 e. The molecule has 1 fully saturated rings. The molecular formula is C12H26N2O2. The Labute approximate surface area is 98.8 Å². The molecule has 0 aromatic carbocycles. The van der Waals surface area contributed by atoms with Crippen molar-refractivity contribution >= 4 is 0 Å². The average molecular weight is 230 g/mol. The van der Waals surface area contributed by atoms with E-state index in [1.54, 1.807) is 7.11 Å². The molecule has 0 aliphatic heterocycles. The van der Waals surface area contributed by atoms with Gasteiger partial charge in [0.1, 0.15) is 0 Å². The van der Waals surface area contributed by atoms with Crippen LogP contribution in [0.3, 0.4) is 0 Å². The summed E-state index contributed by atoms with van der Waals surface area (Å²) in [7, 11) is 1.69. The molecule has 3 N–H and O–H groups in total. The van der Waals surface area contributed by atoms with Crippen LogP contribution in [0.1, 0.15) is 38.5 Å². The van der Waals surface area contributed by atoms with E-state index in [0.29, 0.717) is 19.3 Å². The zero-order valence-corrected chi connectivity index (χ0v) is 10.4. The highest BCUT2D eigenvalue weighted by atomic mass is 16.5. The van der Waals surface area contributed by atoms with Crippen LogP contribution in [0.4, 0.5) is 0 Å². The first-order valence-electron chi connectivity index (χ1n) is 6.39. The molecule has 0 aromatic heterocycles. The van der Waals surface area contributed by atoms with Crippen LogP contribution in [0.2, 0.25) is 0 Å². The van der Waals surface area contributed by atoms with Crippen molar-refractivity contribution in [2.24, 2.45) is 11.8 Å². The lowest BCUT2D eigenvalue weighted by molar-refractivity contribution is 0.0647. The van der Waals surface area contributed by atoms with Crippen LogP contribution in [-0.4, -0.2) is 33.0 Å². The molecule has 0 radical (unpaired) electrons. The van der Waals surface area contributed by atoms with Gasteiger partial charge in [-0.1, -0.05) is 25.7 Å². The summed E-state index contributed by atoms with van der Waals surface area (Å²) in [5, 5.41) is 0. The number of methoxy groups -OCH3 is 1. The lowest BCUT2D eigenvalue weighted by atomic mass is 9.97. The van der Waals surface area contributed by atoms with Gasteiger partial charge < -0.3 is 9.47 Å². The molecule has 0 spiro atoms. The first-order valence-corrected chi connectivity index (χ1v) is 6.39. The van der Waals surface area contributed by atoms with Crippen molar-refractivity contribution in [3.05, 3.63) is 0 Å². The second-order valence-electron chi connectivity index (χ2n) is 4.64. The quantitative estimate of drug-likeness (QED) is 0.357. The van der Waals surface area contributed by atoms with Gasteiger partial charge >= 0.3 is 0 Å². The molecule has 0 heterocycles. The highest BCUT2D eigenvalue weighted by Crippen LogP contribution is 2.28. The number of rotatable bonds is 9. The summed E-state index contributed by atoms with van der Waals surface area (Å²) in [6.45, 7) is 2.12. The van der Waals surface area contributed by atoms with Gasteiger partial charge in [0.2, 0.25) is 0 Å². The molecule has 1 aliphatic carbocycles. The Balaban J connectivity index is 2.01. The molecule has 0 saturated heterocycles. The molecule has 1 unspecified atom stereocenters. The fourth-order valence-electron chi connectivity index (χ4n) is 2.39. The van der Waals surface area contributed by atoms with E-state index >= 15 is 0 Å². The van der Waals surface area contributed by atoms with Crippen LogP contribution >= 0.6 is 0 Å². The van der Waals surface area contributed by atoms with Crippen molar-refractivity contribution in [2.45, 2.75) is 44.6 Å². The predicted molar refractivity (Wildman–Crippen MR) is 65.0 cm³/mol. The summed E-state index contributed by atoms with van der Waals surface area (Å²) in [4.78, 5) is 0. The molecule has 1 aliphatic rings. The van der Waals surface area contributed by atoms with Gasteiger partial charge in [-0.3, -0.25) is 11.3 Å². The molecule has 1 atom stereocenters. The Hall–Kier alpha value is -0.160. The molecule has 1 rings (SSSR count). The van der Waals surface area contributed by atoms with Gasteiger partial charge in [-0.05, 0) is 18.8 Å². The molecule has 4 heteroatoms. The monoisotopic (exact) mass is 230 g/mol. The van der Waals surface area contributed by atoms with Crippen molar-refractivity contribution < 1.29 is 9.47 Å². The Morgan fingerprint density at radius 1 is 1.25 bits per heavy atom. The average Bonchev–Trinajstić information content (AvgIpc) is 2.80. The normalized spacial score (nSPS) is 19.1. The van der Waals surface area contributed by atoms with E-state index in [1.807, 2.05) is 0 Å². The Morgan fingerprint density at radius 3 is 2.62 bits per heavy atom. The number of nitrogens with two attached hydrogens (primary N) is 1. The highest BCUT2D eigenvalue weighted by molar-refractivity contribution is 4.74. The maximum Gasteiger partial charge on any atom is 0.0700 e. The SMILES string of the molecule is COCCOCCC(CC1CCCC1)NN. The third kappa shape index (κ3) is 5.80. The molecule has 96 valence electrons. The number of hydrogen-bond donors (Lipinski definition) is 2. The van der Waals surface area contributed by atoms with Gasteiger partial charge in [-0.25, -0.2) is 0 Å². The second kappa shape index (κ2) is 8.93. The van der Waals surface area contributed by atoms with Crippen LogP contribution in [-0.2, 0) is 9.47 Å². The van der Waals surface area contributed by atoms with Gasteiger partial charge in [-0.15, -0.1) is 0 Å². The maximum absolute atomic E-state index is 5.56. The number of hydrogen-bond acceptors (Lipinski definition) is 4. The van der Waals surface area contributed by atoms with Gasteiger partial charge in [0, 0.05) is 19.8 Å². The van der Waals surface area contributed by atoms with Crippen LogP contribution < -0.4 is 11.3 Å². The van der Waals surface area contributed by atoms with Crippen molar-refractivity contribution in [1.29, 1.82) is 0 Å². The standard InChI is InChI=1S/C12H26N2O2/c1-15-8-9-16-7-6-12(14-13)10-11-4-2-3-5-11/h11-12,14H,2-10,13H2,1H3. The topological polar surface area (TPSA) is 56.5 Å². The van der Waals surface area contributed by atoms with Crippen LogP contribution in [0.5, 0.6) is 0 Å². The maximum atomic E-state index is 5.56. The van der Waals surface area contributed by atoms with E-state index in [9.17, 15) is 0 Å². The molecule has 1 saturated carbocycles. The summed E-state index contributed by atoms with van der Waals surface area (Å²) in [5.74, 6) is 6.44. The lowest BCUT2D eigenvalue weighted by Gasteiger charge is -2.19. The zero-order valence-electron chi connectivity index (χ0n) is 10.4. The van der Waals surface area contributed by atoms with E-state index in [1.165, 1.54) is 32.1 Å². The number of hydrazine groups is 1. The van der Waals surface area contributed by atoms with Gasteiger partial charge in [0.15, 0.2) is 0 Å². The number of ether oxygens (including phenoxy) is 2. The summed E-state index contributed by atoms with van der Waals surface area (Å²) in [6.07, 6.45) is 7.74. The molecule has 16 heavy (non-hydrogen) atoms. The van der Waals surface area contributed by atoms with Crippen molar-refractivity contribution in [3.63, 3.8) is 0 Å². The fourth-order valence-corrected chi connectivity index (χ4v) is 2.39. The summed E-state index contributed by atoms with van der Waals surface area (Å²) < 4.78 is 10.4. The smallest absolute Gasteiger partial charge is 0.0700 e. The summed E-state index contributed by atoms with van der Waals surface area (Å²) in [6, 6.07) is 0.408. The van der Waals surface area contributed by atoms with Crippen LogP contribution in [0, 0.1) is 5.92 Å². The van der Waals surface area contributed by atoms with Gasteiger partial charge in [-0.2, -0.15) is 0 Å². The molecular weight excluding hydrogens is 204 g/mol. The van der Waals surface area contributed by atoms with Crippen molar-refractivity contribution in [3.8, 4) is 0 Å². The first-order chi connectivity index (χ1) is 7.86. The van der Waals surface area contributed by atoms with Crippen molar-refractivity contribution in [1.82, 2.24) is 5.43 Å². The van der Waals surface area contributed by atoms with E-state index < -0.39 is 0 Å². The summed E-state index contributed by atoms with van der Waals surface area (Å²) >= 11 is 0. The molecule has 0 aromatic rings. The zero-order chi connectivity index (χ0) is 11.6. The van der Waals surface area contributed by atoms with E-state index in [-0.39, 0.29) is 0 Å². The van der Waals surface area contributed by atoms with Gasteiger partial charge in [0.25, 0.3) is 0 Å². The molecule has 0 bridgehead atoms. The minimum atomic E-state index is 0.408. The predicted octanol–water partition coefficient (Wildman–Crippen LogP) is 1.45. The van der Waals surface area contributed by atoms with Crippen LogP contribution in [0.25, 0.3) is 0 Å². The third-order valence-electron chi connectivity index (χ3n) is 3.37. The minimum absolute atomic E-state index is 0.408. The van der Waals surface area contributed by atoms with E-state index in [0.717, 1.165) is 18.9 Å². The Morgan fingerprint density at radius 2 is 2.00 bits per heavy atom. The molecule has 0 amide bonds. The van der Waals surface area contributed by atoms with Gasteiger partial charge in [0.05, 0.1) is 13.2 Å². The lowest BCUT2D eigenvalue weighted by Crippen LogP contribution is -2.37. The molecule has 4 nitrogen and oxygen atoms in total. The Bertz CT molecular complexity index is 161. The second-order valence-corrected chi connectivity index (χ2v) is 4.64. The van der Waals surface area contributed by atoms with Crippen LogP contribution in [0.15, 0.2) is 0 Å². The first kappa shape index (κ1) is 13.9. The van der Waals surface area contributed by atoms with Crippen molar-refractivity contribution in [2.75, 3.05) is 26.9 Å². The fraction of sp³-hybridized carbons (Fsp3) is 1.00.